The molecule has 3 rings (SSSR count). The molecule has 0 bridgehead atoms. The molecule has 1 aromatic heterocycles. The maximum Gasteiger partial charge on any atom is 0.246 e. The molecule has 0 spiro atoms. The highest BCUT2D eigenvalue weighted by Gasteiger charge is 2.32. The molecule has 0 amide bonds. The lowest BCUT2D eigenvalue weighted by Crippen LogP contribution is -2.49. The van der Waals surface area contributed by atoms with Crippen LogP contribution in [0.25, 0.3) is 0 Å². The van der Waals surface area contributed by atoms with Crippen molar-refractivity contribution in [2.45, 2.75) is 11.8 Å². The Hall–Kier alpha value is -2.20. The summed E-state index contributed by atoms with van der Waals surface area (Å²) in [6.07, 6.45) is 1.61. The highest BCUT2D eigenvalue weighted by atomic mass is 32.2. The van der Waals surface area contributed by atoms with Gasteiger partial charge in [-0.25, -0.2) is 31.6 Å². The average Bonchev–Trinajstić information content (AvgIpc) is 2.59. The topological polar surface area (TPSA) is 66.4 Å². The number of aryl methyl sites for hydroxylation is 1. The van der Waals surface area contributed by atoms with Crippen molar-refractivity contribution in [2.24, 2.45) is 0 Å². The highest BCUT2D eigenvalue weighted by molar-refractivity contribution is 7.89. The largest absolute Gasteiger partial charge is 0.354 e. The molecule has 0 unspecified atom stereocenters. The lowest BCUT2D eigenvalue weighted by Gasteiger charge is -2.34. The fourth-order valence-corrected chi connectivity index (χ4v) is 4.10. The zero-order chi connectivity index (χ0) is 18.2. The molecule has 0 atom stereocenters. The van der Waals surface area contributed by atoms with Crippen molar-refractivity contribution in [3.8, 4) is 0 Å². The van der Waals surface area contributed by atoms with Gasteiger partial charge in [0.15, 0.2) is 17.5 Å². The Kier molecular flexibility index (Phi) is 4.65. The monoisotopic (exact) mass is 372 g/mol. The van der Waals surface area contributed by atoms with Crippen LogP contribution in [0.2, 0.25) is 0 Å². The molecule has 2 heterocycles. The summed E-state index contributed by atoms with van der Waals surface area (Å²) in [4.78, 5) is 9.29. The van der Waals surface area contributed by atoms with Gasteiger partial charge in [-0.05, 0) is 25.1 Å². The van der Waals surface area contributed by atoms with Crippen LogP contribution in [0.3, 0.4) is 0 Å². The standard InChI is InChI=1S/C15H15F3N4O2S/c1-10-19-5-4-13(20-10)21-6-8-22(9-7-21)25(23,24)12-3-2-11(16)14(17)15(12)18/h2-5H,6-9H2,1H3. The Morgan fingerprint density at radius 2 is 1.68 bits per heavy atom. The van der Waals surface area contributed by atoms with E-state index in [-0.39, 0.29) is 13.1 Å². The SMILES string of the molecule is Cc1nccc(N2CCN(S(=O)(=O)c3ccc(F)c(F)c3F)CC2)n1. The van der Waals surface area contributed by atoms with Gasteiger partial charge in [0.1, 0.15) is 16.5 Å². The summed E-state index contributed by atoms with van der Waals surface area (Å²) >= 11 is 0. The van der Waals surface area contributed by atoms with E-state index in [1.54, 1.807) is 19.2 Å². The molecule has 1 aliphatic heterocycles. The van der Waals surface area contributed by atoms with Gasteiger partial charge in [0.05, 0.1) is 0 Å². The van der Waals surface area contributed by atoms with Gasteiger partial charge in [0.2, 0.25) is 10.0 Å². The maximum absolute atomic E-state index is 13.9. The van der Waals surface area contributed by atoms with E-state index >= 15 is 0 Å². The van der Waals surface area contributed by atoms with Crippen LogP contribution in [-0.4, -0.2) is 48.9 Å². The highest BCUT2D eigenvalue weighted by Crippen LogP contribution is 2.24. The van der Waals surface area contributed by atoms with E-state index in [0.29, 0.717) is 30.8 Å². The number of aromatic nitrogens is 2. The zero-order valence-electron chi connectivity index (χ0n) is 13.3. The number of rotatable bonds is 3. The molecule has 10 heteroatoms. The van der Waals surface area contributed by atoms with Crippen molar-refractivity contribution in [1.82, 2.24) is 14.3 Å². The Morgan fingerprint density at radius 3 is 2.32 bits per heavy atom. The number of anilines is 1. The van der Waals surface area contributed by atoms with Gasteiger partial charge in [-0.2, -0.15) is 4.31 Å². The first-order chi connectivity index (χ1) is 11.8. The fraction of sp³-hybridized carbons (Fsp3) is 0.333. The molecular formula is C15H15F3N4O2S. The number of hydrogen-bond donors (Lipinski definition) is 0. The van der Waals surface area contributed by atoms with Crippen molar-refractivity contribution in [1.29, 1.82) is 0 Å². The smallest absolute Gasteiger partial charge is 0.246 e. The van der Waals surface area contributed by atoms with Crippen LogP contribution >= 0.6 is 0 Å². The number of sulfonamides is 1. The lowest BCUT2D eigenvalue weighted by atomic mass is 10.3. The molecule has 6 nitrogen and oxygen atoms in total. The van der Waals surface area contributed by atoms with Gasteiger partial charge >= 0.3 is 0 Å². The first kappa shape index (κ1) is 17.6. The Morgan fingerprint density at radius 1 is 1.00 bits per heavy atom. The van der Waals surface area contributed by atoms with Crippen molar-refractivity contribution in [2.75, 3.05) is 31.1 Å². The number of nitrogens with zero attached hydrogens (tertiary/aromatic N) is 4. The van der Waals surface area contributed by atoms with Gasteiger partial charge in [0.25, 0.3) is 0 Å². The van der Waals surface area contributed by atoms with Crippen LogP contribution in [0.4, 0.5) is 19.0 Å². The van der Waals surface area contributed by atoms with E-state index in [4.69, 9.17) is 0 Å². The predicted octanol–water partition coefficient (Wildman–Crippen LogP) is 1.71. The first-order valence-electron chi connectivity index (χ1n) is 7.49. The second kappa shape index (κ2) is 6.60. The van der Waals surface area contributed by atoms with Crippen LogP contribution < -0.4 is 4.90 Å². The molecule has 134 valence electrons. The average molecular weight is 372 g/mol. The van der Waals surface area contributed by atoms with Crippen LogP contribution in [0.1, 0.15) is 5.82 Å². The summed E-state index contributed by atoms with van der Waals surface area (Å²) in [5, 5.41) is 0. The van der Waals surface area contributed by atoms with Crippen LogP contribution in [0.15, 0.2) is 29.3 Å². The third-order valence-corrected chi connectivity index (χ3v) is 5.86. The molecule has 1 aromatic carbocycles. The minimum absolute atomic E-state index is 0.0732. The number of benzene rings is 1. The lowest BCUT2D eigenvalue weighted by molar-refractivity contribution is 0.376. The normalized spacial score (nSPS) is 16.2. The molecule has 0 aliphatic carbocycles. The minimum Gasteiger partial charge on any atom is -0.354 e. The van der Waals surface area contributed by atoms with Crippen LogP contribution in [-0.2, 0) is 10.0 Å². The van der Waals surface area contributed by atoms with Crippen molar-refractivity contribution < 1.29 is 21.6 Å². The zero-order valence-corrected chi connectivity index (χ0v) is 14.1. The van der Waals surface area contributed by atoms with E-state index in [2.05, 4.69) is 9.97 Å². The quantitative estimate of drug-likeness (QED) is 0.768. The van der Waals surface area contributed by atoms with E-state index in [1.807, 2.05) is 4.90 Å². The summed E-state index contributed by atoms with van der Waals surface area (Å²) in [5.74, 6) is -3.66. The summed E-state index contributed by atoms with van der Waals surface area (Å²) in [6.45, 7) is 2.56. The van der Waals surface area contributed by atoms with Crippen LogP contribution in [0.5, 0.6) is 0 Å². The number of piperazine rings is 1. The second-order valence-electron chi connectivity index (χ2n) is 5.53. The van der Waals surface area contributed by atoms with Crippen molar-refractivity contribution in [3.05, 3.63) is 47.7 Å². The van der Waals surface area contributed by atoms with E-state index in [0.717, 1.165) is 10.4 Å². The Bertz CT molecular complexity index is 900. The molecular weight excluding hydrogens is 357 g/mol. The molecule has 0 radical (unpaired) electrons. The molecule has 25 heavy (non-hydrogen) atoms. The van der Waals surface area contributed by atoms with E-state index in [1.165, 1.54) is 0 Å². The van der Waals surface area contributed by atoms with Gasteiger partial charge in [0, 0.05) is 32.4 Å². The maximum atomic E-state index is 13.9. The number of hydrogen-bond acceptors (Lipinski definition) is 5. The van der Waals surface area contributed by atoms with Crippen molar-refractivity contribution >= 4 is 15.8 Å². The molecule has 0 N–H and O–H groups in total. The minimum atomic E-state index is -4.25. The number of halogens is 3. The summed E-state index contributed by atoms with van der Waals surface area (Å²) < 4.78 is 66.3. The molecule has 1 saturated heterocycles. The van der Waals surface area contributed by atoms with Gasteiger partial charge in [-0.1, -0.05) is 0 Å². The van der Waals surface area contributed by atoms with E-state index in [9.17, 15) is 21.6 Å². The third-order valence-electron chi connectivity index (χ3n) is 3.94. The van der Waals surface area contributed by atoms with Crippen molar-refractivity contribution in [3.63, 3.8) is 0 Å². The Labute approximate surface area is 143 Å². The summed E-state index contributed by atoms with van der Waals surface area (Å²) in [7, 11) is -4.25. The third kappa shape index (κ3) is 3.31. The van der Waals surface area contributed by atoms with E-state index < -0.39 is 32.4 Å². The van der Waals surface area contributed by atoms with Gasteiger partial charge in [-0.3, -0.25) is 0 Å². The van der Waals surface area contributed by atoms with Crippen LogP contribution in [0, 0.1) is 24.4 Å². The molecule has 1 aliphatic rings. The summed E-state index contributed by atoms with van der Waals surface area (Å²) in [6, 6.07) is 3.06. The fourth-order valence-electron chi connectivity index (χ4n) is 2.62. The Balaban J connectivity index is 1.79. The predicted molar refractivity (Wildman–Crippen MR) is 84.1 cm³/mol. The van der Waals surface area contributed by atoms with Gasteiger partial charge in [-0.15, -0.1) is 0 Å². The molecule has 0 saturated carbocycles. The molecule has 2 aromatic rings. The first-order valence-corrected chi connectivity index (χ1v) is 8.93. The second-order valence-corrected chi connectivity index (χ2v) is 7.43. The van der Waals surface area contributed by atoms with Gasteiger partial charge < -0.3 is 4.90 Å². The molecule has 1 fully saturated rings. The summed E-state index contributed by atoms with van der Waals surface area (Å²) in [5.41, 5.74) is 0.